The molecule has 6 rings (SSSR count). The Bertz CT molecular complexity index is 2110. The first-order chi connectivity index (χ1) is 27.6. The lowest BCUT2D eigenvalue weighted by molar-refractivity contribution is -0.248. The summed E-state index contributed by atoms with van der Waals surface area (Å²) in [5, 5.41) is 22.3. The van der Waals surface area contributed by atoms with E-state index in [2.05, 4.69) is 17.0 Å². The van der Waals surface area contributed by atoms with E-state index in [1.165, 1.54) is 38.5 Å². The maximum absolute atomic E-state index is 13.1. The first-order valence-corrected chi connectivity index (χ1v) is 19.2. The van der Waals surface area contributed by atoms with Crippen LogP contribution in [0.25, 0.3) is 33.0 Å². The van der Waals surface area contributed by atoms with Crippen molar-refractivity contribution >= 4 is 34.6 Å². The number of piperidine rings is 1. The van der Waals surface area contributed by atoms with Crippen LogP contribution >= 0.6 is 0 Å². The molecule has 0 saturated carbocycles. The molecule has 0 radical (unpaired) electrons. The molecule has 0 aliphatic carbocycles. The number of likely N-dealkylation sites (tertiary alicyclic amines) is 1. The first kappa shape index (κ1) is 42.3. The molecule has 308 valence electrons. The number of aliphatic hydroxyl groups excluding tert-OH is 1. The average Bonchev–Trinajstić information content (AvgIpc) is 3.18. The van der Waals surface area contributed by atoms with E-state index in [0.29, 0.717) is 35.3 Å². The second-order valence-electron chi connectivity index (χ2n) is 14.9. The van der Waals surface area contributed by atoms with E-state index in [-0.39, 0.29) is 12.2 Å². The lowest BCUT2D eigenvalue weighted by Crippen LogP contribution is -2.61. The molecule has 2 N–H and O–H groups in total. The van der Waals surface area contributed by atoms with E-state index in [9.17, 15) is 42.6 Å². The van der Waals surface area contributed by atoms with Gasteiger partial charge in [0, 0.05) is 20.8 Å². The van der Waals surface area contributed by atoms with Crippen molar-refractivity contribution < 1.29 is 61.5 Å². The maximum Gasteiger partial charge on any atom is 0.416 e. The Hall–Kier alpha value is -5.31. The highest BCUT2D eigenvalue weighted by molar-refractivity contribution is 6.04. The topological polar surface area (TPSA) is 149 Å². The van der Waals surface area contributed by atoms with Gasteiger partial charge in [-0.05, 0) is 120 Å². The number of ether oxygens (including phenoxy) is 4. The molecule has 4 aromatic rings. The molecule has 14 heteroatoms. The fraction of sp³-hybridized carbons (Fsp3) is 0.409. The van der Waals surface area contributed by atoms with Gasteiger partial charge in [0.25, 0.3) is 0 Å². The number of rotatable bonds is 12. The summed E-state index contributed by atoms with van der Waals surface area (Å²) in [5.41, 5.74) is 3.35. The molecule has 0 aromatic heterocycles. The molecule has 0 amide bonds. The van der Waals surface area contributed by atoms with E-state index in [1.54, 1.807) is 18.2 Å². The number of carbonyl (C=O) groups excluding carboxylic acids is 3. The molecule has 2 aliphatic heterocycles. The lowest BCUT2D eigenvalue weighted by Gasteiger charge is -2.43. The Labute approximate surface area is 333 Å². The molecular formula is C44H46F3NO10. The third-order valence-electron chi connectivity index (χ3n) is 10.8. The molecule has 2 fully saturated rings. The fourth-order valence-electron chi connectivity index (χ4n) is 7.94. The summed E-state index contributed by atoms with van der Waals surface area (Å²) in [7, 11) is 0. The van der Waals surface area contributed by atoms with Crippen LogP contribution < -0.4 is 0 Å². The Balaban J connectivity index is 1.09. The highest BCUT2D eigenvalue weighted by Crippen LogP contribution is 2.37. The minimum atomic E-state index is -4.44. The van der Waals surface area contributed by atoms with Crippen molar-refractivity contribution in [2.24, 2.45) is 0 Å². The summed E-state index contributed by atoms with van der Waals surface area (Å²) < 4.78 is 61.4. The number of carboxylic acid groups (broad SMARTS) is 1. The zero-order valence-corrected chi connectivity index (χ0v) is 32.4. The third-order valence-corrected chi connectivity index (χ3v) is 10.8. The molecule has 4 aromatic carbocycles. The van der Waals surface area contributed by atoms with E-state index in [0.717, 1.165) is 61.1 Å². The van der Waals surface area contributed by atoms with Gasteiger partial charge in [-0.1, -0.05) is 48.5 Å². The Kier molecular flexibility index (Phi) is 13.2. The zero-order chi connectivity index (χ0) is 41.7. The van der Waals surface area contributed by atoms with Crippen molar-refractivity contribution in [1.82, 2.24) is 4.90 Å². The molecule has 58 heavy (non-hydrogen) atoms. The van der Waals surface area contributed by atoms with Crippen LogP contribution in [-0.4, -0.2) is 95.8 Å². The number of alkyl halides is 3. The highest BCUT2D eigenvalue weighted by atomic mass is 19.4. The number of hydrogen-bond donors (Lipinski definition) is 2. The van der Waals surface area contributed by atoms with Crippen molar-refractivity contribution in [3.8, 4) is 22.3 Å². The van der Waals surface area contributed by atoms with Gasteiger partial charge in [-0.3, -0.25) is 14.4 Å². The van der Waals surface area contributed by atoms with Gasteiger partial charge in [-0.25, -0.2) is 4.79 Å². The summed E-state index contributed by atoms with van der Waals surface area (Å²) in [5.74, 6) is -2.62. The summed E-state index contributed by atoms with van der Waals surface area (Å²) in [6.07, 6.45) is -6.89. The van der Waals surface area contributed by atoms with Crippen LogP contribution in [0.1, 0.15) is 73.9 Å². The molecule has 5 unspecified atom stereocenters. The van der Waals surface area contributed by atoms with Gasteiger partial charge in [0.05, 0.1) is 17.2 Å². The lowest BCUT2D eigenvalue weighted by atomic mass is 9.87. The normalized spacial score (nSPS) is 21.7. The first-order valence-electron chi connectivity index (χ1n) is 19.2. The van der Waals surface area contributed by atoms with Gasteiger partial charge in [-0.2, -0.15) is 13.2 Å². The van der Waals surface area contributed by atoms with E-state index >= 15 is 0 Å². The molecule has 2 saturated heterocycles. The maximum atomic E-state index is 13.1. The standard InChI is InChI=1S/C44H46F3NO10/c1-25(49)55-24-39-40(52)42(57-27(3)51)41(56-26(2)50)38(58-39)5-4-18-48-19-16-30(17-20-48)28-6-8-31(9-7-28)37-23-34(43(53)54)22-33-21-32(12-15-36(33)37)29-10-13-35(14-11-29)44(45,46)47/h6-15,21-23,30,38-42,52H,4-5,16-20,24H2,1-3H3,(H,53,54). The van der Waals surface area contributed by atoms with Crippen molar-refractivity contribution in [2.45, 2.75) is 89.1 Å². The molecule has 2 aliphatic rings. The second-order valence-corrected chi connectivity index (χ2v) is 14.9. The minimum Gasteiger partial charge on any atom is -0.478 e. The summed E-state index contributed by atoms with van der Waals surface area (Å²) in [4.78, 5) is 49.9. The van der Waals surface area contributed by atoms with Crippen molar-refractivity contribution in [3.05, 3.63) is 95.6 Å². The molecule has 11 nitrogen and oxygen atoms in total. The fourth-order valence-corrected chi connectivity index (χ4v) is 7.94. The van der Waals surface area contributed by atoms with Crippen molar-refractivity contribution in [3.63, 3.8) is 0 Å². The smallest absolute Gasteiger partial charge is 0.416 e. The number of halogens is 3. The number of aliphatic hydroxyl groups is 1. The highest BCUT2D eigenvalue weighted by Gasteiger charge is 2.49. The predicted octanol–water partition coefficient (Wildman–Crippen LogP) is 7.41. The number of nitrogens with zero attached hydrogens (tertiary/aromatic N) is 1. The Morgan fingerprint density at radius 3 is 2.00 bits per heavy atom. The largest absolute Gasteiger partial charge is 0.478 e. The predicted molar refractivity (Wildman–Crippen MR) is 207 cm³/mol. The number of carbonyl (C=O) groups is 4. The summed E-state index contributed by atoms with van der Waals surface area (Å²) >= 11 is 0. The Morgan fingerprint density at radius 1 is 0.776 bits per heavy atom. The number of fused-ring (bicyclic) bond motifs is 1. The van der Waals surface area contributed by atoms with Crippen LogP contribution in [0.15, 0.2) is 78.9 Å². The molecule has 0 bridgehead atoms. The van der Waals surface area contributed by atoms with E-state index in [4.69, 9.17) is 18.9 Å². The minimum absolute atomic E-state index is 0.101. The van der Waals surface area contributed by atoms with Gasteiger partial charge in [0.1, 0.15) is 18.8 Å². The Morgan fingerprint density at radius 2 is 1.40 bits per heavy atom. The van der Waals surface area contributed by atoms with Crippen LogP contribution in [0, 0.1) is 0 Å². The number of benzene rings is 4. The SMILES string of the molecule is CC(=O)OCC1OC(CCCN2CCC(c3ccc(-c4cc(C(=O)O)cc5cc(-c6ccc(C(F)(F)F)cc6)ccc45)cc3)CC2)C(OC(C)=O)C(OC(C)=O)C1O. The quantitative estimate of drug-likeness (QED) is 0.109. The van der Waals surface area contributed by atoms with E-state index in [1.807, 2.05) is 24.3 Å². The van der Waals surface area contributed by atoms with E-state index < -0.39 is 66.1 Å². The van der Waals surface area contributed by atoms with Crippen LogP contribution in [0.3, 0.4) is 0 Å². The molecule has 5 atom stereocenters. The monoisotopic (exact) mass is 805 g/mol. The number of aromatic carboxylic acids is 1. The number of esters is 3. The van der Waals surface area contributed by atoms with Gasteiger partial charge in [0.2, 0.25) is 0 Å². The van der Waals surface area contributed by atoms with Crippen LogP contribution in [0.2, 0.25) is 0 Å². The van der Waals surface area contributed by atoms with Gasteiger partial charge >= 0.3 is 30.1 Å². The van der Waals surface area contributed by atoms with Crippen molar-refractivity contribution in [2.75, 3.05) is 26.2 Å². The molecular weight excluding hydrogens is 759 g/mol. The van der Waals surface area contributed by atoms with Crippen LogP contribution in [0.4, 0.5) is 13.2 Å². The number of carboxylic acids is 1. The second kappa shape index (κ2) is 18.1. The van der Waals surface area contributed by atoms with Gasteiger partial charge in [-0.15, -0.1) is 0 Å². The summed E-state index contributed by atoms with van der Waals surface area (Å²) in [6, 6.07) is 21.7. The van der Waals surface area contributed by atoms with Crippen LogP contribution in [-0.2, 0) is 39.5 Å². The van der Waals surface area contributed by atoms with Crippen molar-refractivity contribution in [1.29, 1.82) is 0 Å². The van der Waals surface area contributed by atoms with Crippen LogP contribution in [0.5, 0.6) is 0 Å². The third kappa shape index (κ3) is 10.2. The summed E-state index contributed by atoms with van der Waals surface area (Å²) in [6.45, 7) is 5.78. The average molecular weight is 806 g/mol. The zero-order valence-electron chi connectivity index (χ0n) is 32.4. The number of hydrogen-bond acceptors (Lipinski definition) is 10. The molecule has 2 heterocycles. The molecule has 0 spiro atoms. The van der Waals surface area contributed by atoms with Gasteiger partial charge < -0.3 is 34.1 Å². The van der Waals surface area contributed by atoms with Gasteiger partial charge in [0.15, 0.2) is 12.2 Å².